The van der Waals surface area contributed by atoms with Crippen LogP contribution in [-0.4, -0.2) is 41.5 Å². The standard InChI is InChI=1S/C24H34O7/c1-14(11-21(28)29)7-9-18-15(2)8-10-20-23(18,5)12-19(30-16(3)26)22(31-17(4)27)24(20,6)13-25/h8,11,13,18-20,22H,7,9-10,12H2,1-6H3,(H,28,29)/b14-11+/t18-,19+,20+,22+,23+,24+/m1/s1. The number of carbonyl (C=O) groups is 4. The molecule has 7 nitrogen and oxygen atoms in total. The van der Waals surface area contributed by atoms with E-state index in [1.165, 1.54) is 25.5 Å². The number of hydrogen-bond acceptors (Lipinski definition) is 6. The average Bonchev–Trinajstić information content (AvgIpc) is 2.62. The Morgan fingerprint density at radius 3 is 2.29 bits per heavy atom. The Labute approximate surface area is 183 Å². The van der Waals surface area contributed by atoms with Gasteiger partial charge in [-0.3, -0.25) is 9.59 Å². The van der Waals surface area contributed by atoms with Crippen LogP contribution in [-0.2, 0) is 28.7 Å². The lowest BCUT2D eigenvalue weighted by Gasteiger charge is -2.59. The first-order valence-corrected chi connectivity index (χ1v) is 10.7. The molecule has 0 spiro atoms. The van der Waals surface area contributed by atoms with E-state index in [2.05, 4.69) is 19.9 Å². The van der Waals surface area contributed by atoms with Crippen LogP contribution in [0.25, 0.3) is 0 Å². The molecular weight excluding hydrogens is 400 g/mol. The number of esters is 2. The SMILES string of the molecule is CC(=O)O[C@H]1C[C@@]2(C)[C@H](CC/C(C)=C/C(=O)O)C(C)=CC[C@@H]2[C@](C)(C=O)[C@H]1OC(C)=O. The molecular formula is C24H34O7. The molecule has 2 aliphatic carbocycles. The van der Waals surface area contributed by atoms with Crippen LogP contribution >= 0.6 is 0 Å². The van der Waals surface area contributed by atoms with Crippen molar-refractivity contribution in [3.8, 4) is 0 Å². The van der Waals surface area contributed by atoms with Crippen molar-refractivity contribution < 1.29 is 33.8 Å². The van der Waals surface area contributed by atoms with Gasteiger partial charge in [-0.05, 0) is 63.7 Å². The molecule has 0 saturated heterocycles. The fourth-order valence-corrected chi connectivity index (χ4v) is 5.93. The number of allylic oxidation sites excluding steroid dienone is 3. The molecule has 31 heavy (non-hydrogen) atoms. The van der Waals surface area contributed by atoms with Crippen LogP contribution < -0.4 is 0 Å². The molecule has 0 aromatic heterocycles. The number of carbonyl (C=O) groups excluding carboxylic acids is 3. The molecule has 0 bridgehead atoms. The molecule has 0 unspecified atom stereocenters. The van der Waals surface area contributed by atoms with Gasteiger partial charge >= 0.3 is 17.9 Å². The summed E-state index contributed by atoms with van der Waals surface area (Å²) in [5.74, 6) is -2.03. The first-order chi connectivity index (χ1) is 14.3. The van der Waals surface area contributed by atoms with Crippen molar-refractivity contribution in [1.82, 2.24) is 0 Å². The van der Waals surface area contributed by atoms with Gasteiger partial charge in [0.2, 0.25) is 0 Å². The lowest BCUT2D eigenvalue weighted by molar-refractivity contribution is -0.210. The number of aliphatic carboxylic acids is 1. The minimum Gasteiger partial charge on any atom is -0.478 e. The smallest absolute Gasteiger partial charge is 0.328 e. The summed E-state index contributed by atoms with van der Waals surface area (Å²) < 4.78 is 11.2. The van der Waals surface area contributed by atoms with E-state index in [-0.39, 0.29) is 11.8 Å². The maximum atomic E-state index is 12.5. The topological polar surface area (TPSA) is 107 Å². The van der Waals surface area contributed by atoms with Gasteiger partial charge < -0.3 is 19.4 Å². The van der Waals surface area contributed by atoms with E-state index in [9.17, 15) is 19.2 Å². The van der Waals surface area contributed by atoms with Gasteiger partial charge in [-0.15, -0.1) is 0 Å². The zero-order chi connectivity index (χ0) is 23.6. The van der Waals surface area contributed by atoms with Crippen molar-refractivity contribution in [2.75, 3.05) is 0 Å². The normalized spacial score (nSPS) is 35.4. The summed E-state index contributed by atoms with van der Waals surface area (Å²) in [4.78, 5) is 47.1. The molecule has 0 amide bonds. The summed E-state index contributed by atoms with van der Waals surface area (Å²) in [6.07, 6.45) is 5.04. The van der Waals surface area contributed by atoms with Gasteiger partial charge in [0, 0.05) is 19.9 Å². The molecule has 7 heteroatoms. The third-order valence-corrected chi connectivity index (χ3v) is 7.22. The van der Waals surface area contributed by atoms with E-state index in [0.29, 0.717) is 25.7 Å². The molecule has 0 aromatic carbocycles. The maximum absolute atomic E-state index is 12.5. The van der Waals surface area contributed by atoms with Crippen LogP contribution in [0, 0.1) is 22.7 Å². The first kappa shape index (κ1) is 24.8. The maximum Gasteiger partial charge on any atom is 0.328 e. The van der Waals surface area contributed by atoms with Gasteiger partial charge in [0.25, 0.3) is 0 Å². The molecule has 0 aromatic rings. The Morgan fingerprint density at radius 1 is 1.16 bits per heavy atom. The highest BCUT2D eigenvalue weighted by molar-refractivity contribution is 5.80. The van der Waals surface area contributed by atoms with Gasteiger partial charge in [0.15, 0.2) is 6.10 Å². The van der Waals surface area contributed by atoms with E-state index in [0.717, 1.165) is 11.9 Å². The summed E-state index contributed by atoms with van der Waals surface area (Å²) in [7, 11) is 0. The van der Waals surface area contributed by atoms with Crippen molar-refractivity contribution in [2.24, 2.45) is 22.7 Å². The number of fused-ring (bicyclic) bond motifs is 1. The summed E-state index contributed by atoms with van der Waals surface area (Å²) in [6, 6.07) is 0. The van der Waals surface area contributed by atoms with Crippen LogP contribution in [0.15, 0.2) is 23.3 Å². The van der Waals surface area contributed by atoms with Crippen LogP contribution in [0.2, 0.25) is 0 Å². The van der Waals surface area contributed by atoms with Crippen LogP contribution in [0.1, 0.15) is 67.2 Å². The van der Waals surface area contributed by atoms with Gasteiger partial charge in [-0.2, -0.15) is 0 Å². The molecule has 1 N–H and O–H groups in total. The van der Waals surface area contributed by atoms with Crippen molar-refractivity contribution >= 4 is 24.2 Å². The van der Waals surface area contributed by atoms with E-state index in [1.807, 2.05) is 0 Å². The van der Waals surface area contributed by atoms with E-state index in [4.69, 9.17) is 14.6 Å². The molecule has 2 rings (SSSR count). The Morgan fingerprint density at radius 2 is 1.77 bits per heavy atom. The quantitative estimate of drug-likeness (QED) is 0.281. The monoisotopic (exact) mass is 434 g/mol. The van der Waals surface area contributed by atoms with E-state index < -0.39 is 40.9 Å². The third-order valence-electron chi connectivity index (χ3n) is 7.22. The minimum atomic E-state index is -1.03. The number of aldehydes is 1. The van der Waals surface area contributed by atoms with Crippen LogP contribution in [0.4, 0.5) is 0 Å². The molecule has 172 valence electrons. The summed E-state index contributed by atoms with van der Waals surface area (Å²) in [5, 5.41) is 9.01. The summed E-state index contributed by atoms with van der Waals surface area (Å²) in [5.41, 5.74) is 0.534. The van der Waals surface area contributed by atoms with Crippen molar-refractivity contribution in [3.05, 3.63) is 23.3 Å². The molecule has 0 aliphatic heterocycles. The Bertz CT molecular complexity index is 811. The Balaban J connectivity index is 2.49. The molecule has 1 fully saturated rings. The van der Waals surface area contributed by atoms with Crippen LogP contribution in [0.5, 0.6) is 0 Å². The fourth-order valence-electron chi connectivity index (χ4n) is 5.93. The lowest BCUT2D eigenvalue weighted by atomic mass is 9.46. The largest absolute Gasteiger partial charge is 0.478 e. The number of ether oxygens (including phenoxy) is 2. The molecule has 0 heterocycles. The zero-order valence-electron chi connectivity index (χ0n) is 19.3. The summed E-state index contributed by atoms with van der Waals surface area (Å²) in [6.45, 7) is 10.3. The highest BCUT2D eigenvalue weighted by Gasteiger charge is 2.62. The van der Waals surface area contributed by atoms with Gasteiger partial charge in [-0.25, -0.2) is 4.79 Å². The predicted molar refractivity (Wildman–Crippen MR) is 114 cm³/mol. The highest BCUT2D eigenvalue weighted by Crippen LogP contribution is 2.61. The van der Waals surface area contributed by atoms with Gasteiger partial charge in [0.05, 0.1) is 5.41 Å². The molecule has 0 radical (unpaired) electrons. The highest BCUT2D eigenvalue weighted by atomic mass is 16.6. The number of carboxylic acid groups (broad SMARTS) is 1. The fraction of sp³-hybridized carbons (Fsp3) is 0.667. The second-order valence-corrected chi connectivity index (χ2v) is 9.53. The number of carboxylic acids is 1. The summed E-state index contributed by atoms with van der Waals surface area (Å²) >= 11 is 0. The second kappa shape index (κ2) is 9.37. The minimum absolute atomic E-state index is 0.0685. The predicted octanol–water partition coefficient (Wildman–Crippen LogP) is 3.86. The first-order valence-electron chi connectivity index (χ1n) is 10.7. The van der Waals surface area contributed by atoms with Gasteiger partial charge in [-0.1, -0.05) is 24.1 Å². The Hall–Kier alpha value is -2.44. The number of rotatable bonds is 7. The molecule has 6 atom stereocenters. The third kappa shape index (κ3) is 5.08. The van der Waals surface area contributed by atoms with E-state index >= 15 is 0 Å². The molecule has 2 aliphatic rings. The molecule has 1 saturated carbocycles. The van der Waals surface area contributed by atoms with Crippen molar-refractivity contribution in [3.63, 3.8) is 0 Å². The van der Waals surface area contributed by atoms with Crippen molar-refractivity contribution in [1.29, 1.82) is 0 Å². The van der Waals surface area contributed by atoms with Crippen LogP contribution in [0.3, 0.4) is 0 Å². The second-order valence-electron chi connectivity index (χ2n) is 9.53. The van der Waals surface area contributed by atoms with Gasteiger partial charge in [0.1, 0.15) is 12.4 Å². The van der Waals surface area contributed by atoms with Crippen molar-refractivity contribution in [2.45, 2.75) is 79.4 Å². The number of hydrogen-bond donors (Lipinski definition) is 1. The average molecular weight is 435 g/mol. The lowest BCUT2D eigenvalue weighted by Crippen LogP contribution is -2.63. The van der Waals surface area contributed by atoms with E-state index in [1.54, 1.807) is 13.8 Å². The Kier molecular flexibility index (Phi) is 7.50. The zero-order valence-corrected chi connectivity index (χ0v) is 19.3.